The summed E-state index contributed by atoms with van der Waals surface area (Å²) in [6, 6.07) is 19.1. The van der Waals surface area contributed by atoms with Crippen molar-refractivity contribution in [3.8, 4) is 17.2 Å². The molecular formula is C28H31FN2O4. The molecular weight excluding hydrogens is 447 g/mol. The lowest BCUT2D eigenvalue weighted by molar-refractivity contribution is 0.0958. The first kappa shape index (κ1) is 24.5. The van der Waals surface area contributed by atoms with Gasteiger partial charge in [0.2, 0.25) is 0 Å². The number of hydrogen-bond acceptors (Lipinski definition) is 5. The van der Waals surface area contributed by atoms with Gasteiger partial charge in [-0.2, -0.15) is 0 Å². The average molecular weight is 479 g/mol. The third kappa shape index (κ3) is 5.74. The number of ether oxygens (including phenoxy) is 3. The molecule has 1 fully saturated rings. The van der Waals surface area contributed by atoms with E-state index in [-0.39, 0.29) is 17.8 Å². The van der Waals surface area contributed by atoms with E-state index in [2.05, 4.69) is 4.90 Å². The smallest absolute Gasteiger partial charge is 0.258 e. The SMILES string of the molecule is COc1cccc(N(C(=O)c2ccc(F)cc2)C2CCN(Cc3ccc(OC)cc3OC)CC2)c1. The molecule has 6 nitrogen and oxygen atoms in total. The number of methoxy groups -OCH3 is 3. The zero-order valence-corrected chi connectivity index (χ0v) is 20.4. The first-order valence-electron chi connectivity index (χ1n) is 11.7. The summed E-state index contributed by atoms with van der Waals surface area (Å²) in [7, 11) is 4.91. The first-order chi connectivity index (χ1) is 17.0. The van der Waals surface area contributed by atoms with Crippen molar-refractivity contribution in [1.82, 2.24) is 4.90 Å². The molecule has 0 atom stereocenters. The summed E-state index contributed by atoms with van der Waals surface area (Å²) in [5.74, 6) is 1.74. The maximum atomic E-state index is 13.6. The third-order valence-electron chi connectivity index (χ3n) is 6.45. The van der Waals surface area contributed by atoms with Crippen LogP contribution in [0.25, 0.3) is 0 Å². The summed E-state index contributed by atoms with van der Waals surface area (Å²) in [6.07, 6.45) is 1.62. The summed E-state index contributed by atoms with van der Waals surface area (Å²) in [5.41, 5.74) is 2.33. The van der Waals surface area contributed by atoms with Gasteiger partial charge >= 0.3 is 0 Å². The molecule has 0 aliphatic carbocycles. The van der Waals surface area contributed by atoms with Crippen molar-refractivity contribution in [2.75, 3.05) is 39.3 Å². The summed E-state index contributed by atoms with van der Waals surface area (Å²) < 4.78 is 29.7. The highest BCUT2D eigenvalue weighted by molar-refractivity contribution is 6.06. The molecule has 3 aromatic rings. The van der Waals surface area contributed by atoms with E-state index in [0.717, 1.165) is 55.2 Å². The van der Waals surface area contributed by atoms with Gasteiger partial charge in [0.1, 0.15) is 23.1 Å². The molecule has 0 spiro atoms. The van der Waals surface area contributed by atoms with Crippen LogP contribution in [0, 0.1) is 5.82 Å². The molecule has 4 rings (SSSR count). The standard InChI is InChI=1S/C28H31FN2O4/c1-33-25-6-4-5-24(17-25)31(28(32)20-7-10-22(29)11-8-20)23-13-15-30(16-14-23)19-21-9-12-26(34-2)18-27(21)35-3/h4-12,17-18,23H,13-16,19H2,1-3H3. The maximum Gasteiger partial charge on any atom is 0.258 e. The van der Waals surface area contributed by atoms with Crippen molar-refractivity contribution in [1.29, 1.82) is 0 Å². The second kappa shape index (κ2) is 11.2. The van der Waals surface area contributed by atoms with Crippen LogP contribution in [0.2, 0.25) is 0 Å². The number of carbonyl (C=O) groups is 1. The molecule has 184 valence electrons. The quantitative estimate of drug-likeness (QED) is 0.448. The predicted octanol–water partition coefficient (Wildman–Crippen LogP) is 5.16. The molecule has 1 aliphatic heterocycles. The van der Waals surface area contributed by atoms with Gasteiger partial charge in [-0.15, -0.1) is 0 Å². The van der Waals surface area contributed by atoms with Crippen molar-refractivity contribution in [3.63, 3.8) is 0 Å². The number of likely N-dealkylation sites (tertiary alicyclic amines) is 1. The number of amides is 1. The van der Waals surface area contributed by atoms with Crippen LogP contribution in [0.3, 0.4) is 0 Å². The van der Waals surface area contributed by atoms with Gasteiger partial charge in [0, 0.05) is 54.6 Å². The zero-order valence-electron chi connectivity index (χ0n) is 20.4. The van der Waals surface area contributed by atoms with Crippen LogP contribution in [0.5, 0.6) is 17.2 Å². The molecule has 7 heteroatoms. The number of nitrogens with zero attached hydrogens (tertiary/aromatic N) is 2. The van der Waals surface area contributed by atoms with E-state index in [1.54, 1.807) is 21.3 Å². The van der Waals surface area contributed by atoms with Gasteiger partial charge in [-0.3, -0.25) is 9.69 Å². The minimum Gasteiger partial charge on any atom is -0.497 e. The number of anilines is 1. The van der Waals surface area contributed by atoms with Crippen LogP contribution < -0.4 is 19.1 Å². The molecule has 1 amide bonds. The predicted molar refractivity (Wildman–Crippen MR) is 134 cm³/mol. The summed E-state index contributed by atoms with van der Waals surface area (Å²) >= 11 is 0. The van der Waals surface area contributed by atoms with Crippen LogP contribution in [0.1, 0.15) is 28.8 Å². The molecule has 3 aromatic carbocycles. The lowest BCUT2D eigenvalue weighted by Crippen LogP contribution is -2.47. The number of halogens is 1. The zero-order chi connectivity index (χ0) is 24.8. The molecule has 0 radical (unpaired) electrons. The molecule has 0 unspecified atom stereocenters. The average Bonchev–Trinajstić information content (AvgIpc) is 2.90. The monoisotopic (exact) mass is 478 g/mol. The van der Waals surface area contributed by atoms with Gasteiger partial charge in [-0.1, -0.05) is 12.1 Å². The Balaban J connectivity index is 1.52. The molecule has 0 N–H and O–H groups in total. The van der Waals surface area contributed by atoms with Crippen LogP contribution in [-0.2, 0) is 6.54 Å². The van der Waals surface area contributed by atoms with E-state index in [1.807, 2.05) is 47.4 Å². The highest BCUT2D eigenvalue weighted by Gasteiger charge is 2.30. The third-order valence-corrected chi connectivity index (χ3v) is 6.45. The Hall–Kier alpha value is -3.58. The first-order valence-corrected chi connectivity index (χ1v) is 11.7. The molecule has 0 saturated carbocycles. The molecule has 0 bridgehead atoms. The summed E-state index contributed by atoms with van der Waals surface area (Å²) in [6.45, 7) is 2.42. The Morgan fingerprint density at radius 2 is 1.60 bits per heavy atom. The Kier molecular flexibility index (Phi) is 7.87. The Bertz CT molecular complexity index is 1140. The summed E-state index contributed by atoms with van der Waals surface area (Å²) in [5, 5.41) is 0. The van der Waals surface area contributed by atoms with Crippen molar-refractivity contribution < 1.29 is 23.4 Å². The van der Waals surface area contributed by atoms with E-state index in [1.165, 1.54) is 24.3 Å². The lowest BCUT2D eigenvalue weighted by atomic mass is 10.00. The van der Waals surface area contributed by atoms with Crippen LogP contribution in [0.15, 0.2) is 66.7 Å². The van der Waals surface area contributed by atoms with Gasteiger partial charge in [0.25, 0.3) is 5.91 Å². The maximum absolute atomic E-state index is 13.6. The normalized spacial score (nSPS) is 14.4. The Labute approximate surface area is 205 Å². The summed E-state index contributed by atoms with van der Waals surface area (Å²) in [4.78, 5) is 17.8. The highest BCUT2D eigenvalue weighted by atomic mass is 19.1. The minimum absolute atomic E-state index is 0.00803. The van der Waals surface area contributed by atoms with E-state index < -0.39 is 0 Å². The number of benzene rings is 3. The fraction of sp³-hybridized carbons (Fsp3) is 0.321. The van der Waals surface area contributed by atoms with Gasteiger partial charge in [0.05, 0.1) is 21.3 Å². The van der Waals surface area contributed by atoms with Crippen molar-refractivity contribution in [2.45, 2.75) is 25.4 Å². The number of piperidine rings is 1. The molecule has 0 aromatic heterocycles. The van der Waals surface area contributed by atoms with Gasteiger partial charge in [-0.25, -0.2) is 4.39 Å². The minimum atomic E-state index is -0.364. The van der Waals surface area contributed by atoms with Gasteiger partial charge in [0.15, 0.2) is 0 Å². The van der Waals surface area contributed by atoms with Gasteiger partial charge in [-0.05, 0) is 55.3 Å². The number of rotatable bonds is 8. The lowest BCUT2D eigenvalue weighted by Gasteiger charge is -2.39. The van der Waals surface area contributed by atoms with Crippen molar-refractivity contribution in [2.24, 2.45) is 0 Å². The Morgan fingerprint density at radius 1 is 0.914 bits per heavy atom. The Morgan fingerprint density at radius 3 is 2.26 bits per heavy atom. The fourth-order valence-corrected chi connectivity index (χ4v) is 4.54. The van der Waals surface area contributed by atoms with E-state index in [9.17, 15) is 9.18 Å². The molecule has 1 saturated heterocycles. The van der Waals surface area contributed by atoms with E-state index in [4.69, 9.17) is 14.2 Å². The topological polar surface area (TPSA) is 51.2 Å². The number of carbonyl (C=O) groups excluding carboxylic acids is 1. The van der Waals surface area contributed by atoms with Gasteiger partial charge < -0.3 is 19.1 Å². The van der Waals surface area contributed by atoms with Crippen molar-refractivity contribution >= 4 is 11.6 Å². The molecule has 35 heavy (non-hydrogen) atoms. The molecule has 1 heterocycles. The van der Waals surface area contributed by atoms with Crippen molar-refractivity contribution in [3.05, 3.63) is 83.7 Å². The second-order valence-electron chi connectivity index (χ2n) is 8.57. The van der Waals surface area contributed by atoms with Crippen LogP contribution >= 0.6 is 0 Å². The fourth-order valence-electron chi connectivity index (χ4n) is 4.54. The second-order valence-corrected chi connectivity index (χ2v) is 8.57. The number of hydrogen-bond donors (Lipinski definition) is 0. The largest absolute Gasteiger partial charge is 0.497 e. The molecule has 1 aliphatic rings. The van der Waals surface area contributed by atoms with E-state index in [0.29, 0.717) is 11.3 Å². The van der Waals surface area contributed by atoms with Crippen LogP contribution in [0.4, 0.5) is 10.1 Å². The van der Waals surface area contributed by atoms with E-state index >= 15 is 0 Å². The highest BCUT2D eigenvalue weighted by Crippen LogP contribution is 2.31. The van der Waals surface area contributed by atoms with Crippen LogP contribution in [-0.4, -0.2) is 51.3 Å².